The van der Waals surface area contributed by atoms with Gasteiger partial charge in [-0.25, -0.2) is 4.98 Å². The second-order valence-electron chi connectivity index (χ2n) is 5.13. The average Bonchev–Trinajstić information content (AvgIpc) is 3.12. The molecule has 6 nitrogen and oxygen atoms in total. The standard InChI is InChI=1S/C15H18N6/c1-20(10-14-19-18-11-21(14)2)9-12-5-3-4-6-13(12)15-16-7-8-17-15/h3-8,11H,9-10H2,1-2H3,(H,16,17). The van der Waals surface area contributed by atoms with Gasteiger partial charge >= 0.3 is 0 Å². The molecular formula is C15H18N6. The van der Waals surface area contributed by atoms with Crippen LogP contribution in [0.1, 0.15) is 11.4 Å². The van der Waals surface area contributed by atoms with Gasteiger partial charge in [0.05, 0.1) is 6.54 Å². The highest BCUT2D eigenvalue weighted by Gasteiger charge is 2.11. The summed E-state index contributed by atoms with van der Waals surface area (Å²) in [6, 6.07) is 8.30. The lowest BCUT2D eigenvalue weighted by atomic mass is 10.1. The first-order valence-corrected chi connectivity index (χ1v) is 6.83. The topological polar surface area (TPSA) is 62.6 Å². The molecule has 2 aromatic heterocycles. The number of aromatic amines is 1. The number of aromatic nitrogens is 5. The van der Waals surface area contributed by atoms with Gasteiger partial charge in [0.25, 0.3) is 0 Å². The van der Waals surface area contributed by atoms with E-state index >= 15 is 0 Å². The summed E-state index contributed by atoms with van der Waals surface area (Å²) in [5.41, 5.74) is 2.37. The second kappa shape index (κ2) is 5.88. The molecule has 21 heavy (non-hydrogen) atoms. The molecule has 2 heterocycles. The highest BCUT2D eigenvalue weighted by molar-refractivity contribution is 5.59. The first-order chi connectivity index (χ1) is 10.2. The maximum absolute atomic E-state index is 4.34. The van der Waals surface area contributed by atoms with Crippen molar-refractivity contribution in [2.75, 3.05) is 7.05 Å². The highest BCUT2D eigenvalue weighted by Crippen LogP contribution is 2.21. The Hall–Kier alpha value is -2.47. The number of H-pyrrole nitrogens is 1. The van der Waals surface area contributed by atoms with E-state index in [1.807, 2.05) is 23.9 Å². The average molecular weight is 282 g/mol. The first-order valence-electron chi connectivity index (χ1n) is 6.83. The van der Waals surface area contributed by atoms with Crippen LogP contribution in [0, 0.1) is 0 Å². The van der Waals surface area contributed by atoms with Crippen molar-refractivity contribution in [2.24, 2.45) is 7.05 Å². The summed E-state index contributed by atoms with van der Waals surface area (Å²) in [5.74, 6) is 1.85. The van der Waals surface area contributed by atoms with Gasteiger partial charge in [-0.1, -0.05) is 24.3 Å². The second-order valence-corrected chi connectivity index (χ2v) is 5.13. The minimum absolute atomic E-state index is 0.753. The molecule has 3 rings (SSSR count). The Balaban J connectivity index is 1.77. The molecule has 0 amide bonds. The fourth-order valence-electron chi connectivity index (χ4n) is 2.34. The molecule has 0 spiro atoms. The Labute approximate surface area is 123 Å². The number of hydrogen-bond acceptors (Lipinski definition) is 4. The number of nitrogens with one attached hydrogen (secondary N) is 1. The molecule has 6 heteroatoms. The molecule has 108 valence electrons. The van der Waals surface area contributed by atoms with Crippen LogP contribution in [-0.2, 0) is 20.1 Å². The van der Waals surface area contributed by atoms with E-state index in [4.69, 9.17) is 0 Å². The Kier molecular flexibility index (Phi) is 3.79. The lowest BCUT2D eigenvalue weighted by molar-refractivity contribution is 0.307. The van der Waals surface area contributed by atoms with Crippen LogP contribution in [0.15, 0.2) is 43.0 Å². The molecule has 0 radical (unpaired) electrons. The molecule has 1 aromatic carbocycles. The molecule has 0 unspecified atom stereocenters. The molecule has 0 aliphatic carbocycles. The van der Waals surface area contributed by atoms with Crippen LogP contribution < -0.4 is 0 Å². The van der Waals surface area contributed by atoms with E-state index in [0.717, 1.165) is 30.3 Å². The predicted molar refractivity (Wildman–Crippen MR) is 80.2 cm³/mol. The minimum atomic E-state index is 0.753. The van der Waals surface area contributed by atoms with Gasteiger partial charge in [-0.15, -0.1) is 10.2 Å². The lowest BCUT2D eigenvalue weighted by Gasteiger charge is -2.17. The van der Waals surface area contributed by atoms with E-state index in [1.54, 1.807) is 12.5 Å². The fourth-order valence-corrected chi connectivity index (χ4v) is 2.34. The van der Waals surface area contributed by atoms with E-state index in [-0.39, 0.29) is 0 Å². The quantitative estimate of drug-likeness (QED) is 0.775. The molecule has 0 bridgehead atoms. The van der Waals surface area contributed by atoms with E-state index < -0.39 is 0 Å². The number of rotatable bonds is 5. The van der Waals surface area contributed by atoms with E-state index in [1.165, 1.54) is 5.56 Å². The van der Waals surface area contributed by atoms with Gasteiger partial charge in [0.15, 0.2) is 0 Å². The fraction of sp³-hybridized carbons (Fsp3) is 0.267. The van der Waals surface area contributed by atoms with E-state index in [2.05, 4.69) is 50.3 Å². The Morgan fingerprint density at radius 2 is 2.10 bits per heavy atom. The smallest absolute Gasteiger partial charge is 0.146 e. The minimum Gasteiger partial charge on any atom is -0.345 e. The van der Waals surface area contributed by atoms with Crippen LogP contribution in [0.25, 0.3) is 11.4 Å². The lowest BCUT2D eigenvalue weighted by Crippen LogP contribution is -2.20. The number of aryl methyl sites for hydroxylation is 1. The van der Waals surface area contributed by atoms with Crippen molar-refractivity contribution in [1.82, 2.24) is 29.6 Å². The SMILES string of the molecule is CN(Cc1ccccc1-c1ncc[nH]1)Cc1nncn1C. The number of benzene rings is 1. The number of imidazole rings is 1. The zero-order valence-corrected chi connectivity index (χ0v) is 12.2. The summed E-state index contributed by atoms with van der Waals surface area (Å²) in [6.45, 7) is 1.58. The third-order valence-electron chi connectivity index (χ3n) is 3.43. The molecule has 0 saturated carbocycles. The van der Waals surface area contributed by atoms with Crippen molar-refractivity contribution in [3.05, 3.63) is 54.4 Å². The molecule has 3 aromatic rings. The third-order valence-corrected chi connectivity index (χ3v) is 3.43. The zero-order chi connectivity index (χ0) is 14.7. The molecule has 0 saturated heterocycles. The van der Waals surface area contributed by atoms with Gasteiger partial charge in [0.1, 0.15) is 18.0 Å². The van der Waals surface area contributed by atoms with Crippen molar-refractivity contribution in [3.8, 4) is 11.4 Å². The van der Waals surface area contributed by atoms with Gasteiger partial charge in [0.2, 0.25) is 0 Å². The van der Waals surface area contributed by atoms with Crippen LogP contribution in [0.4, 0.5) is 0 Å². The maximum Gasteiger partial charge on any atom is 0.146 e. The Morgan fingerprint density at radius 1 is 1.24 bits per heavy atom. The van der Waals surface area contributed by atoms with Crippen LogP contribution in [-0.4, -0.2) is 36.7 Å². The largest absolute Gasteiger partial charge is 0.345 e. The maximum atomic E-state index is 4.34. The zero-order valence-electron chi connectivity index (χ0n) is 12.2. The molecule has 1 N–H and O–H groups in total. The molecule has 0 aliphatic heterocycles. The van der Waals surface area contributed by atoms with Crippen LogP contribution >= 0.6 is 0 Å². The molecular weight excluding hydrogens is 264 g/mol. The van der Waals surface area contributed by atoms with Gasteiger partial charge in [-0.3, -0.25) is 4.90 Å². The molecule has 0 aliphatic rings. The van der Waals surface area contributed by atoms with E-state index in [9.17, 15) is 0 Å². The van der Waals surface area contributed by atoms with Crippen molar-refractivity contribution in [3.63, 3.8) is 0 Å². The van der Waals surface area contributed by atoms with Crippen LogP contribution in [0.3, 0.4) is 0 Å². The van der Waals surface area contributed by atoms with Gasteiger partial charge in [0, 0.05) is 31.5 Å². The number of hydrogen-bond donors (Lipinski definition) is 1. The first kappa shape index (κ1) is 13.5. The third kappa shape index (κ3) is 3.00. The molecule has 0 fully saturated rings. The van der Waals surface area contributed by atoms with Crippen molar-refractivity contribution >= 4 is 0 Å². The summed E-state index contributed by atoms with van der Waals surface area (Å²) in [6.07, 6.45) is 5.34. The summed E-state index contributed by atoms with van der Waals surface area (Å²) < 4.78 is 1.94. The van der Waals surface area contributed by atoms with Crippen LogP contribution in [0.2, 0.25) is 0 Å². The number of nitrogens with zero attached hydrogens (tertiary/aromatic N) is 5. The molecule has 0 atom stereocenters. The van der Waals surface area contributed by atoms with Gasteiger partial charge < -0.3 is 9.55 Å². The monoisotopic (exact) mass is 282 g/mol. The summed E-state index contributed by atoms with van der Waals surface area (Å²) in [5, 5.41) is 8.03. The Bertz CT molecular complexity index is 701. The summed E-state index contributed by atoms with van der Waals surface area (Å²) in [7, 11) is 4.04. The van der Waals surface area contributed by atoms with E-state index in [0.29, 0.717) is 0 Å². The van der Waals surface area contributed by atoms with Crippen molar-refractivity contribution < 1.29 is 0 Å². The van der Waals surface area contributed by atoms with Gasteiger partial charge in [-0.05, 0) is 12.6 Å². The highest BCUT2D eigenvalue weighted by atomic mass is 15.3. The van der Waals surface area contributed by atoms with Gasteiger partial charge in [-0.2, -0.15) is 0 Å². The predicted octanol–water partition coefficient (Wildman–Crippen LogP) is 1.84. The van der Waals surface area contributed by atoms with Crippen molar-refractivity contribution in [1.29, 1.82) is 0 Å². The van der Waals surface area contributed by atoms with Crippen LogP contribution in [0.5, 0.6) is 0 Å². The summed E-state index contributed by atoms with van der Waals surface area (Å²) >= 11 is 0. The summed E-state index contributed by atoms with van der Waals surface area (Å²) in [4.78, 5) is 9.72. The normalized spacial score (nSPS) is 11.2. The van der Waals surface area contributed by atoms with Crippen molar-refractivity contribution in [2.45, 2.75) is 13.1 Å². The Morgan fingerprint density at radius 3 is 2.81 bits per heavy atom.